The van der Waals surface area contributed by atoms with Crippen LogP contribution in [-0.4, -0.2) is 37.6 Å². The molecule has 1 aliphatic heterocycles. The summed E-state index contributed by atoms with van der Waals surface area (Å²) in [5, 5.41) is 0. The van der Waals surface area contributed by atoms with E-state index in [1.165, 1.54) is 0 Å². The maximum Gasteiger partial charge on any atom is 0.137 e. The summed E-state index contributed by atoms with van der Waals surface area (Å²) in [5.41, 5.74) is 1.83. The number of ether oxygens (including phenoxy) is 3. The van der Waals surface area contributed by atoms with Crippen LogP contribution in [0.2, 0.25) is 0 Å². The monoisotopic (exact) mass is 303 g/mol. The Labute approximate surface area is 128 Å². The van der Waals surface area contributed by atoms with E-state index in [1.807, 2.05) is 30.3 Å². The molecule has 4 nitrogen and oxygen atoms in total. The third kappa shape index (κ3) is 3.74. The number of hydrogen-bond acceptors (Lipinski definition) is 4. The number of pyridine rings is 1. The van der Waals surface area contributed by atoms with Gasteiger partial charge in [-0.1, -0.05) is 0 Å². The van der Waals surface area contributed by atoms with Crippen LogP contribution in [0.4, 0.5) is 4.39 Å². The fourth-order valence-corrected chi connectivity index (χ4v) is 2.30. The number of aromatic nitrogens is 1. The van der Waals surface area contributed by atoms with Gasteiger partial charge in [0.05, 0.1) is 25.1 Å². The van der Waals surface area contributed by atoms with Gasteiger partial charge < -0.3 is 14.2 Å². The first-order valence-corrected chi connectivity index (χ1v) is 7.35. The third-order valence-corrected chi connectivity index (χ3v) is 3.42. The van der Waals surface area contributed by atoms with E-state index in [0.717, 1.165) is 30.0 Å². The van der Waals surface area contributed by atoms with Crippen LogP contribution in [0.5, 0.6) is 11.5 Å². The van der Waals surface area contributed by atoms with E-state index in [4.69, 9.17) is 14.2 Å². The number of alkyl halides is 1. The maximum atomic E-state index is 12.0. The first kappa shape index (κ1) is 14.8. The SMILES string of the molecule is FCCOc1ccc(-c2ccc(O[C@H]3CCOC3)cc2)nc1. The molecule has 0 bridgehead atoms. The fraction of sp³-hybridized carbons (Fsp3) is 0.353. The molecule has 0 saturated carbocycles. The molecule has 0 amide bonds. The van der Waals surface area contributed by atoms with Gasteiger partial charge in [-0.15, -0.1) is 0 Å². The molecular weight excluding hydrogens is 285 g/mol. The lowest BCUT2D eigenvalue weighted by Gasteiger charge is -2.12. The minimum absolute atomic E-state index is 0.0535. The molecule has 3 rings (SSSR count). The van der Waals surface area contributed by atoms with Gasteiger partial charge >= 0.3 is 0 Å². The molecule has 1 aromatic heterocycles. The summed E-state index contributed by atoms with van der Waals surface area (Å²) in [7, 11) is 0. The molecule has 0 N–H and O–H groups in total. The summed E-state index contributed by atoms with van der Waals surface area (Å²) in [6.45, 7) is 0.973. The molecule has 22 heavy (non-hydrogen) atoms. The second-order valence-electron chi connectivity index (χ2n) is 5.04. The van der Waals surface area contributed by atoms with Crippen LogP contribution in [-0.2, 0) is 4.74 Å². The van der Waals surface area contributed by atoms with Gasteiger partial charge in [-0.2, -0.15) is 0 Å². The van der Waals surface area contributed by atoms with Crippen LogP contribution < -0.4 is 9.47 Å². The van der Waals surface area contributed by atoms with Gasteiger partial charge in [0.2, 0.25) is 0 Å². The van der Waals surface area contributed by atoms with E-state index in [1.54, 1.807) is 12.3 Å². The number of benzene rings is 1. The van der Waals surface area contributed by atoms with Gasteiger partial charge in [0.25, 0.3) is 0 Å². The number of hydrogen-bond donors (Lipinski definition) is 0. The molecular formula is C17H18FNO3. The van der Waals surface area contributed by atoms with Gasteiger partial charge in [-0.25, -0.2) is 4.39 Å². The Balaban J connectivity index is 1.64. The summed E-state index contributed by atoms with van der Waals surface area (Å²) >= 11 is 0. The van der Waals surface area contributed by atoms with Crippen molar-refractivity contribution in [3.05, 3.63) is 42.6 Å². The summed E-state index contributed by atoms with van der Waals surface area (Å²) < 4.78 is 28.3. The molecule has 2 aromatic rings. The molecule has 0 unspecified atom stereocenters. The van der Waals surface area contributed by atoms with Crippen molar-refractivity contribution in [2.75, 3.05) is 26.5 Å². The molecule has 1 aromatic carbocycles. The number of halogens is 1. The summed E-state index contributed by atoms with van der Waals surface area (Å²) in [5.74, 6) is 1.41. The molecule has 116 valence electrons. The molecule has 2 heterocycles. The molecule has 1 aliphatic rings. The summed E-state index contributed by atoms with van der Waals surface area (Å²) in [6.07, 6.45) is 2.69. The average Bonchev–Trinajstić information content (AvgIpc) is 3.07. The van der Waals surface area contributed by atoms with E-state index < -0.39 is 6.67 Å². The Hall–Kier alpha value is -2.14. The van der Waals surface area contributed by atoms with Crippen molar-refractivity contribution in [1.29, 1.82) is 0 Å². The molecule has 0 spiro atoms. The average molecular weight is 303 g/mol. The minimum Gasteiger partial charge on any atom is -0.489 e. The highest BCUT2D eigenvalue weighted by atomic mass is 19.1. The highest BCUT2D eigenvalue weighted by molar-refractivity contribution is 5.60. The van der Waals surface area contributed by atoms with Gasteiger partial charge in [-0.05, 0) is 36.4 Å². The van der Waals surface area contributed by atoms with Gasteiger partial charge in [0.15, 0.2) is 0 Å². The van der Waals surface area contributed by atoms with Gasteiger partial charge in [-0.3, -0.25) is 4.98 Å². The normalized spacial score (nSPS) is 17.4. The van der Waals surface area contributed by atoms with Crippen LogP contribution in [0.1, 0.15) is 6.42 Å². The second-order valence-corrected chi connectivity index (χ2v) is 5.04. The standard InChI is InChI=1S/C17H18FNO3/c18-8-10-21-15-5-6-17(19-11-15)13-1-3-14(4-2-13)22-16-7-9-20-12-16/h1-6,11,16H,7-10,12H2/t16-/m0/s1. The summed E-state index contributed by atoms with van der Waals surface area (Å²) in [6, 6.07) is 11.4. The van der Waals surface area contributed by atoms with Crippen LogP contribution in [0, 0.1) is 0 Å². The lowest BCUT2D eigenvalue weighted by atomic mass is 10.1. The van der Waals surface area contributed by atoms with Crippen LogP contribution in [0.15, 0.2) is 42.6 Å². The second kappa shape index (κ2) is 7.22. The van der Waals surface area contributed by atoms with Crippen molar-refractivity contribution in [2.45, 2.75) is 12.5 Å². The van der Waals surface area contributed by atoms with E-state index in [0.29, 0.717) is 12.4 Å². The topological polar surface area (TPSA) is 40.6 Å². The van der Waals surface area contributed by atoms with Crippen molar-refractivity contribution in [1.82, 2.24) is 4.98 Å². The zero-order valence-electron chi connectivity index (χ0n) is 12.2. The molecule has 1 saturated heterocycles. The van der Waals surface area contributed by atoms with E-state index >= 15 is 0 Å². The maximum absolute atomic E-state index is 12.0. The summed E-state index contributed by atoms with van der Waals surface area (Å²) in [4.78, 5) is 4.33. The predicted octanol–water partition coefficient (Wildman–Crippen LogP) is 3.26. The van der Waals surface area contributed by atoms with E-state index in [-0.39, 0.29) is 12.7 Å². The van der Waals surface area contributed by atoms with Gasteiger partial charge in [0, 0.05) is 12.0 Å². The fourth-order valence-electron chi connectivity index (χ4n) is 2.30. The van der Waals surface area contributed by atoms with Crippen molar-refractivity contribution in [2.24, 2.45) is 0 Å². The number of rotatable bonds is 6. The van der Waals surface area contributed by atoms with Crippen molar-refractivity contribution in [3.8, 4) is 22.8 Å². The van der Waals surface area contributed by atoms with Crippen LogP contribution in [0.25, 0.3) is 11.3 Å². The highest BCUT2D eigenvalue weighted by Crippen LogP contribution is 2.23. The molecule has 1 fully saturated rings. The largest absolute Gasteiger partial charge is 0.489 e. The van der Waals surface area contributed by atoms with Crippen molar-refractivity contribution < 1.29 is 18.6 Å². The van der Waals surface area contributed by atoms with Crippen molar-refractivity contribution in [3.63, 3.8) is 0 Å². The Kier molecular flexibility index (Phi) is 4.85. The van der Waals surface area contributed by atoms with Crippen LogP contribution >= 0.6 is 0 Å². The van der Waals surface area contributed by atoms with Crippen molar-refractivity contribution >= 4 is 0 Å². The Bertz CT molecular complexity index is 580. The zero-order chi connectivity index (χ0) is 15.2. The Morgan fingerprint density at radius 3 is 2.59 bits per heavy atom. The molecule has 0 radical (unpaired) electrons. The Morgan fingerprint density at radius 1 is 1.14 bits per heavy atom. The van der Waals surface area contributed by atoms with Gasteiger partial charge in [0.1, 0.15) is 30.9 Å². The Morgan fingerprint density at radius 2 is 1.95 bits per heavy atom. The highest BCUT2D eigenvalue weighted by Gasteiger charge is 2.16. The quantitative estimate of drug-likeness (QED) is 0.821. The zero-order valence-corrected chi connectivity index (χ0v) is 12.2. The lowest BCUT2D eigenvalue weighted by molar-refractivity contribution is 0.141. The van der Waals surface area contributed by atoms with E-state index in [2.05, 4.69) is 4.98 Å². The molecule has 1 atom stereocenters. The minimum atomic E-state index is -0.505. The third-order valence-electron chi connectivity index (χ3n) is 3.42. The number of nitrogens with zero attached hydrogens (tertiary/aromatic N) is 1. The molecule has 0 aliphatic carbocycles. The first-order valence-electron chi connectivity index (χ1n) is 7.35. The molecule has 5 heteroatoms. The smallest absolute Gasteiger partial charge is 0.137 e. The van der Waals surface area contributed by atoms with E-state index in [9.17, 15) is 4.39 Å². The lowest BCUT2D eigenvalue weighted by Crippen LogP contribution is -2.15. The van der Waals surface area contributed by atoms with Crippen LogP contribution in [0.3, 0.4) is 0 Å². The first-order chi connectivity index (χ1) is 10.8. The predicted molar refractivity (Wildman–Crippen MR) is 81.0 cm³/mol.